The summed E-state index contributed by atoms with van der Waals surface area (Å²) in [7, 11) is 0. The fourth-order valence-electron chi connectivity index (χ4n) is 3.55. The third kappa shape index (κ3) is 4.67. The number of carboxylic acid groups (broad SMARTS) is 1. The van der Waals surface area contributed by atoms with Crippen molar-refractivity contribution < 1.29 is 19.4 Å². The molecule has 1 fully saturated rings. The smallest absolute Gasteiger partial charge is 0.308 e. The summed E-state index contributed by atoms with van der Waals surface area (Å²) in [5, 5.41) is 9.60. The number of ether oxygens (including phenoxy) is 1. The molecular formula is C22H25NO4. The number of rotatable bonds is 7. The number of benzene rings is 2. The highest BCUT2D eigenvalue weighted by atomic mass is 16.5. The molecule has 3 rings (SSSR count). The van der Waals surface area contributed by atoms with Crippen LogP contribution in [0.3, 0.4) is 0 Å². The van der Waals surface area contributed by atoms with Gasteiger partial charge in [0.1, 0.15) is 5.75 Å². The van der Waals surface area contributed by atoms with Gasteiger partial charge in [-0.25, -0.2) is 0 Å². The lowest BCUT2D eigenvalue weighted by Gasteiger charge is -2.17. The molecule has 1 aliphatic rings. The molecule has 2 atom stereocenters. The molecule has 0 bridgehead atoms. The van der Waals surface area contributed by atoms with Crippen molar-refractivity contribution >= 4 is 11.9 Å². The van der Waals surface area contributed by atoms with E-state index in [2.05, 4.69) is 0 Å². The van der Waals surface area contributed by atoms with Gasteiger partial charge < -0.3 is 14.7 Å². The Bertz CT molecular complexity index is 790. The van der Waals surface area contributed by atoms with Gasteiger partial charge in [0.05, 0.1) is 18.9 Å². The Kier molecular flexibility index (Phi) is 6.12. The van der Waals surface area contributed by atoms with Crippen molar-refractivity contribution in [2.24, 2.45) is 5.92 Å². The minimum absolute atomic E-state index is 0.0488. The van der Waals surface area contributed by atoms with Gasteiger partial charge in [-0.05, 0) is 29.7 Å². The van der Waals surface area contributed by atoms with Gasteiger partial charge in [0, 0.05) is 19.0 Å². The molecule has 2 aromatic carbocycles. The molecular weight excluding hydrogens is 342 g/mol. The van der Waals surface area contributed by atoms with E-state index >= 15 is 0 Å². The SMILES string of the molecule is CCCOc1cccc(CC(=O)N2C[C@H](C(=O)O)[C@H](c3ccccc3)C2)c1. The lowest BCUT2D eigenvalue weighted by atomic mass is 9.89. The van der Waals surface area contributed by atoms with E-state index in [1.165, 1.54) is 0 Å². The van der Waals surface area contributed by atoms with Gasteiger partial charge in [0.2, 0.25) is 5.91 Å². The van der Waals surface area contributed by atoms with E-state index in [-0.39, 0.29) is 24.8 Å². The number of amides is 1. The summed E-state index contributed by atoms with van der Waals surface area (Å²) in [5.41, 5.74) is 1.85. The fraction of sp³-hybridized carbons (Fsp3) is 0.364. The average molecular weight is 367 g/mol. The predicted molar refractivity (Wildman–Crippen MR) is 103 cm³/mol. The summed E-state index contributed by atoms with van der Waals surface area (Å²) in [6.45, 7) is 3.37. The molecule has 5 heteroatoms. The molecule has 1 heterocycles. The number of likely N-dealkylation sites (tertiary alicyclic amines) is 1. The van der Waals surface area contributed by atoms with Crippen LogP contribution in [0.5, 0.6) is 5.75 Å². The maximum absolute atomic E-state index is 12.8. The van der Waals surface area contributed by atoms with Crippen molar-refractivity contribution in [1.82, 2.24) is 4.90 Å². The molecule has 1 N–H and O–H groups in total. The van der Waals surface area contributed by atoms with Crippen LogP contribution in [0.25, 0.3) is 0 Å². The largest absolute Gasteiger partial charge is 0.494 e. The van der Waals surface area contributed by atoms with Crippen molar-refractivity contribution in [3.05, 3.63) is 65.7 Å². The monoisotopic (exact) mass is 367 g/mol. The van der Waals surface area contributed by atoms with Crippen LogP contribution in [-0.2, 0) is 16.0 Å². The van der Waals surface area contributed by atoms with E-state index in [4.69, 9.17) is 4.74 Å². The summed E-state index contributed by atoms with van der Waals surface area (Å²) < 4.78 is 5.62. The molecule has 5 nitrogen and oxygen atoms in total. The first-order valence-corrected chi connectivity index (χ1v) is 9.35. The number of hydrogen-bond donors (Lipinski definition) is 1. The van der Waals surface area contributed by atoms with E-state index in [1.54, 1.807) is 4.90 Å². The van der Waals surface area contributed by atoms with Crippen LogP contribution in [0.15, 0.2) is 54.6 Å². The Morgan fingerprint density at radius 3 is 2.59 bits per heavy atom. The fourth-order valence-corrected chi connectivity index (χ4v) is 3.55. The van der Waals surface area contributed by atoms with Crippen LogP contribution in [0.1, 0.15) is 30.4 Å². The minimum Gasteiger partial charge on any atom is -0.494 e. The van der Waals surface area contributed by atoms with E-state index in [9.17, 15) is 14.7 Å². The van der Waals surface area contributed by atoms with E-state index in [1.807, 2.05) is 61.5 Å². The third-order valence-electron chi connectivity index (χ3n) is 4.94. The quantitative estimate of drug-likeness (QED) is 0.815. The minimum atomic E-state index is -0.853. The van der Waals surface area contributed by atoms with Crippen LogP contribution in [0, 0.1) is 5.92 Å². The van der Waals surface area contributed by atoms with Crippen molar-refractivity contribution in [2.45, 2.75) is 25.7 Å². The van der Waals surface area contributed by atoms with E-state index < -0.39 is 11.9 Å². The second-order valence-corrected chi connectivity index (χ2v) is 6.93. The lowest BCUT2D eigenvalue weighted by Crippen LogP contribution is -2.31. The number of nitrogens with zero attached hydrogens (tertiary/aromatic N) is 1. The molecule has 27 heavy (non-hydrogen) atoms. The highest BCUT2D eigenvalue weighted by Gasteiger charge is 2.40. The zero-order valence-corrected chi connectivity index (χ0v) is 15.5. The lowest BCUT2D eigenvalue weighted by molar-refractivity contribution is -0.141. The number of hydrogen-bond acceptors (Lipinski definition) is 3. The molecule has 0 spiro atoms. The molecule has 1 aliphatic heterocycles. The Balaban J connectivity index is 1.69. The van der Waals surface area contributed by atoms with Gasteiger partial charge in [-0.2, -0.15) is 0 Å². The molecule has 0 unspecified atom stereocenters. The van der Waals surface area contributed by atoms with Gasteiger partial charge >= 0.3 is 5.97 Å². The highest BCUT2D eigenvalue weighted by Crippen LogP contribution is 2.33. The zero-order valence-electron chi connectivity index (χ0n) is 15.5. The zero-order chi connectivity index (χ0) is 19.2. The second-order valence-electron chi connectivity index (χ2n) is 6.93. The van der Waals surface area contributed by atoms with E-state index in [0.717, 1.165) is 23.3 Å². The van der Waals surface area contributed by atoms with Crippen molar-refractivity contribution in [3.8, 4) is 5.75 Å². The average Bonchev–Trinajstić information content (AvgIpc) is 3.13. The Labute approximate surface area is 159 Å². The Morgan fingerprint density at radius 2 is 1.89 bits per heavy atom. The topological polar surface area (TPSA) is 66.8 Å². The molecule has 142 valence electrons. The normalized spacial score (nSPS) is 19.1. The highest BCUT2D eigenvalue weighted by molar-refractivity contribution is 5.81. The van der Waals surface area contributed by atoms with E-state index in [0.29, 0.717) is 13.2 Å². The number of aliphatic carboxylic acids is 1. The molecule has 1 saturated heterocycles. The Morgan fingerprint density at radius 1 is 1.11 bits per heavy atom. The van der Waals surface area contributed by atoms with Gasteiger partial charge in [-0.15, -0.1) is 0 Å². The van der Waals surface area contributed by atoms with Crippen LogP contribution >= 0.6 is 0 Å². The van der Waals surface area contributed by atoms with Crippen molar-refractivity contribution in [3.63, 3.8) is 0 Å². The summed E-state index contributed by atoms with van der Waals surface area (Å²) in [4.78, 5) is 26.2. The predicted octanol–water partition coefficient (Wildman–Crippen LogP) is 3.34. The summed E-state index contributed by atoms with van der Waals surface area (Å²) >= 11 is 0. The van der Waals surface area contributed by atoms with Crippen LogP contribution < -0.4 is 4.74 Å². The molecule has 1 amide bonds. The maximum Gasteiger partial charge on any atom is 0.308 e. The molecule has 0 saturated carbocycles. The molecule has 0 aromatic heterocycles. The summed E-state index contributed by atoms with van der Waals surface area (Å²) in [5.74, 6) is -0.891. The van der Waals surface area contributed by atoms with Gasteiger partial charge in [0.25, 0.3) is 0 Å². The third-order valence-corrected chi connectivity index (χ3v) is 4.94. The van der Waals surface area contributed by atoms with Gasteiger partial charge in [-0.1, -0.05) is 49.4 Å². The molecule has 2 aromatic rings. The van der Waals surface area contributed by atoms with Crippen LogP contribution in [0.2, 0.25) is 0 Å². The standard InChI is InChI=1S/C22H25NO4/c1-2-11-27-18-10-6-7-16(12-18)13-21(24)23-14-19(20(15-23)22(25)26)17-8-4-3-5-9-17/h3-10,12,19-20H,2,11,13-15H2,1H3,(H,25,26)/t19-,20-/m0/s1. The Hall–Kier alpha value is -2.82. The first-order chi connectivity index (χ1) is 13.1. The van der Waals surface area contributed by atoms with Crippen molar-refractivity contribution in [1.29, 1.82) is 0 Å². The van der Waals surface area contributed by atoms with Crippen molar-refractivity contribution in [2.75, 3.05) is 19.7 Å². The summed E-state index contributed by atoms with van der Waals surface area (Å²) in [6, 6.07) is 17.1. The second kappa shape index (κ2) is 8.71. The maximum atomic E-state index is 12.8. The number of carbonyl (C=O) groups is 2. The first kappa shape index (κ1) is 19.0. The number of carbonyl (C=O) groups excluding carboxylic acids is 1. The van der Waals surface area contributed by atoms with Crippen LogP contribution in [-0.4, -0.2) is 41.6 Å². The first-order valence-electron chi connectivity index (χ1n) is 9.35. The van der Waals surface area contributed by atoms with Gasteiger partial charge in [-0.3, -0.25) is 9.59 Å². The number of carboxylic acids is 1. The molecule has 0 radical (unpaired) electrons. The van der Waals surface area contributed by atoms with Gasteiger partial charge in [0.15, 0.2) is 0 Å². The summed E-state index contributed by atoms with van der Waals surface area (Å²) in [6.07, 6.45) is 1.17. The van der Waals surface area contributed by atoms with Crippen LogP contribution in [0.4, 0.5) is 0 Å². The molecule has 0 aliphatic carbocycles.